The summed E-state index contributed by atoms with van der Waals surface area (Å²) < 4.78 is 12.6. The molecule has 0 bridgehead atoms. The second-order valence-corrected chi connectivity index (χ2v) is 8.65. The molecule has 184 valence electrons. The highest BCUT2D eigenvalue weighted by Gasteiger charge is 2.22. The van der Waals surface area contributed by atoms with Gasteiger partial charge in [0.05, 0.1) is 25.5 Å². The number of ether oxygens (including phenoxy) is 2. The SMILES string of the molecule is COc1ccc(OC)c(-c2nn(-c3ccccc3)cc2C(=O)NCCC(=O)NC2CCCCC2)c1. The van der Waals surface area contributed by atoms with E-state index in [4.69, 9.17) is 14.6 Å². The van der Waals surface area contributed by atoms with Gasteiger partial charge in [-0.25, -0.2) is 4.68 Å². The molecule has 1 aliphatic carbocycles. The van der Waals surface area contributed by atoms with Crippen LogP contribution in [-0.2, 0) is 4.79 Å². The maximum Gasteiger partial charge on any atom is 0.255 e. The predicted molar refractivity (Wildman–Crippen MR) is 134 cm³/mol. The maximum atomic E-state index is 13.2. The molecule has 8 heteroatoms. The average molecular weight is 477 g/mol. The third-order valence-corrected chi connectivity index (χ3v) is 6.25. The predicted octanol–water partition coefficient (Wildman–Crippen LogP) is 4.13. The lowest BCUT2D eigenvalue weighted by atomic mass is 9.95. The first-order chi connectivity index (χ1) is 17.1. The van der Waals surface area contributed by atoms with Gasteiger partial charge in [0.1, 0.15) is 17.2 Å². The number of rotatable bonds is 9. The van der Waals surface area contributed by atoms with Gasteiger partial charge >= 0.3 is 0 Å². The van der Waals surface area contributed by atoms with E-state index in [1.165, 1.54) is 6.42 Å². The molecule has 0 saturated heterocycles. The fourth-order valence-electron chi connectivity index (χ4n) is 4.38. The molecule has 2 N–H and O–H groups in total. The number of methoxy groups -OCH3 is 2. The lowest BCUT2D eigenvalue weighted by molar-refractivity contribution is -0.121. The number of carbonyl (C=O) groups is 2. The minimum Gasteiger partial charge on any atom is -0.497 e. The molecule has 0 radical (unpaired) electrons. The third kappa shape index (κ3) is 6.01. The summed E-state index contributed by atoms with van der Waals surface area (Å²) in [5, 5.41) is 10.7. The van der Waals surface area contributed by atoms with Crippen molar-refractivity contribution >= 4 is 11.8 Å². The molecule has 1 heterocycles. The monoisotopic (exact) mass is 476 g/mol. The Labute approximate surface area is 205 Å². The van der Waals surface area contributed by atoms with Crippen molar-refractivity contribution in [1.82, 2.24) is 20.4 Å². The molecule has 2 aromatic carbocycles. The second kappa shape index (κ2) is 11.6. The van der Waals surface area contributed by atoms with E-state index in [-0.39, 0.29) is 30.8 Å². The zero-order chi connectivity index (χ0) is 24.6. The highest BCUT2D eigenvalue weighted by molar-refractivity contribution is 6.00. The molecule has 4 rings (SSSR count). The van der Waals surface area contributed by atoms with Crippen molar-refractivity contribution in [2.75, 3.05) is 20.8 Å². The molecule has 35 heavy (non-hydrogen) atoms. The summed E-state index contributed by atoms with van der Waals surface area (Å²) >= 11 is 0. The van der Waals surface area contributed by atoms with E-state index in [0.717, 1.165) is 31.4 Å². The Hall–Kier alpha value is -3.81. The summed E-state index contributed by atoms with van der Waals surface area (Å²) in [6.07, 6.45) is 7.53. The van der Waals surface area contributed by atoms with Crippen molar-refractivity contribution in [1.29, 1.82) is 0 Å². The van der Waals surface area contributed by atoms with Gasteiger partial charge in [-0.2, -0.15) is 5.10 Å². The van der Waals surface area contributed by atoms with Gasteiger partial charge in [0.2, 0.25) is 5.91 Å². The first-order valence-corrected chi connectivity index (χ1v) is 12.0. The Morgan fingerprint density at radius 1 is 1.03 bits per heavy atom. The Kier molecular flexibility index (Phi) is 8.03. The average Bonchev–Trinajstić information content (AvgIpc) is 3.35. The lowest BCUT2D eigenvalue weighted by Crippen LogP contribution is -2.38. The zero-order valence-electron chi connectivity index (χ0n) is 20.3. The summed E-state index contributed by atoms with van der Waals surface area (Å²) in [5.41, 5.74) is 2.31. The molecule has 1 saturated carbocycles. The Morgan fingerprint density at radius 3 is 2.51 bits per heavy atom. The molecular weight excluding hydrogens is 444 g/mol. The minimum absolute atomic E-state index is 0.0353. The minimum atomic E-state index is -0.308. The van der Waals surface area contributed by atoms with E-state index >= 15 is 0 Å². The Balaban J connectivity index is 1.54. The van der Waals surface area contributed by atoms with Crippen molar-refractivity contribution in [2.24, 2.45) is 0 Å². The molecular formula is C27H32N4O4. The molecule has 0 unspecified atom stereocenters. The normalized spacial score (nSPS) is 13.8. The molecule has 1 fully saturated rings. The standard InChI is InChI=1S/C27H32N4O4/c1-34-21-13-14-24(35-2)22(17-21)26-23(18-31(30-26)20-11-7-4-8-12-20)27(33)28-16-15-25(32)29-19-9-5-3-6-10-19/h4,7-8,11-14,17-19H,3,5-6,9-10,15-16H2,1-2H3,(H,28,33)(H,29,32). The molecule has 0 spiro atoms. The molecule has 2 amide bonds. The zero-order valence-corrected chi connectivity index (χ0v) is 20.3. The first-order valence-electron chi connectivity index (χ1n) is 12.0. The number of aromatic nitrogens is 2. The topological polar surface area (TPSA) is 94.5 Å². The van der Waals surface area contributed by atoms with Gasteiger partial charge in [0.25, 0.3) is 5.91 Å². The van der Waals surface area contributed by atoms with Crippen LogP contribution in [0.5, 0.6) is 11.5 Å². The van der Waals surface area contributed by atoms with Gasteiger partial charge in [-0.1, -0.05) is 37.5 Å². The van der Waals surface area contributed by atoms with Crippen LogP contribution in [0.25, 0.3) is 16.9 Å². The summed E-state index contributed by atoms with van der Waals surface area (Å²) in [6.45, 7) is 0.239. The Morgan fingerprint density at radius 2 is 1.80 bits per heavy atom. The highest BCUT2D eigenvalue weighted by atomic mass is 16.5. The number of nitrogens with zero attached hydrogens (tertiary/aromatic N) is 2. The van der Waals surface area contributed by atoms with E-state index in [0.29, 0.717) is 28.3 Å². The van der Waals surface area contributed by atoms with Crippen molar-refractivity contribution in [3.05, 3.63) is 60.3 Å². The van der Waals surface area contributed by atoms with Crippen LogP contribution in [0.4, 0.5) is 0 Å². The van der Waals surface area contributed by atoms with E-state index in [1.54, 1.807) is 43.3 Å². The van der Waals surface area contributed by atoms with Gasteiger partial charge in [0, 0.05) is 30.8 Å². The second-order valence-electron chi connectivity index (χ2n) is 8.65. The van der Waals surface area contributed by atoms with E-state index in [2.05, 4.69) is 10.6 Å². The van der Waals surface area contributed by atoms with Crippen molar-refractivity contribution in [3.8, 4) is 28.4 Å². The molecule has 1 aliphatic rings. The summed E-state index contributed by atoms with van der Waals surface area (Å²) in [5.74, 6) is 0.857. The summed E-state index contributed by atoms with van der Waals surface area (Å²) in [7, 11) is 3.16. The van der Waals surface area contributed by atoms with E-state index in [1.807, 2.05) is 30.3 Å². The van der Waals surface area contributed by atoms with E-state index < -0.39 is 0 Å². The van der Waals surface area contributed by atoms with Crippen LogP contribution in [-0.4, -0.2) is 48.4 Å². The summed E-state index contributed by atoms with van der Waals surface area (Å²) in [4.78, 5) is 25.6. The molecule has 8 nitrogen and oxygen atoms in total. The van der Waals surface area contributed by atoms with Crippen LogP contribution < -0.4 is 20.1 Å². The van der Waals surface area contributed by atoms with Gasteiger partial charge in [-0.3, -0.25) is 9.59 Å². The van der Waals surface area contributed by atoms with Gasteiger partial charge in [-0.15, -0.1) is 0 Å². The number of hydrogen-bond donors (Lipinski definition) is 2. The van der Waals surface area contributed by atoms with Crippen LogP contribution in [0.2, 0.25) is 0 Å². The Bertz CT molecular complexity index is 1150. The van der Waals surface area contributed by atoms with Gasteiger partial charge < -0.3 is 20.1 Å². The fourth-order valence-corrected chi connectivity index (χ4v) is 4.38. The number of carbonyl (C=O) groups excluding carboxylic acids is 2. The number of hydrogen-bond acceptors (Lipinski definition) is 5. The lowest BCUT2D eigenvalue weighted by Gasteiger charge is -2.22. The highest BCUT2D eigenvalue weighted by Crippen LogP contribution is 2.35. The van der Waals surface area contributed by atoms with Crippen molar-refractivity contribution in [3.63, 3.8) is 0 Å². The molecule has 1 aromatic heterocycles. The first kappa shape index (κ1) is 24.3. The number of nitrogens with one attached hydrogen (secondary N) is 2. The van der Waals surface area contributed by atoms with Gasteiger partial charge in [0.15, 0.2) is 0 Å². The van der Waals surface area contributed by atoms with E-state index in [9.17, 15) is 9.59 Å². The van der Waals surface area contributed by atoms with Crippen LogP contribution in [0.15, 0.2) is 54.7 Å². The molecule has 0 aliphatic heterocycles. The van der Waals surface area contributed by atoms with Crippen molar-refractivity contribution < 1.29 is 19.1 Å². The van der Waals surface area contributed by atoms with Crippen molar-refractivity contribution in [2.45, 2.75) is 44.6 Å². The number of amides is 2. The van der Waals surface area contributed by atoms with Crippen LogP contribution in [0.1, 0.15) is 48.9 Å². The maximum absolute atomic E-state index is 13.2. The van der Waals surface area contributed by atoms with Crippen LogP contribution in [0.3, 0.4) is 0 Å². The van der Waals surface area contributed by atoms with Gasteiger partial charge in [-0.05, 0) is 43.2 Å². The van der Waals surface area contributed by atoms with Crippen LogP contribution >= 0.6 is 0 Å². The smallest absolute Gasteiger partial charge is 0.255 e. The largest absolute Gasteiger partial charge is 0.497 e. The quantitative estimate of drug-likeness (QED) is 0.484. The third-order valence-electron chi connectivity index (χ3n) is 6.25. The fraction of sp³-hybridized carbons (Fsp3) is 0.370. The van der Waals surface area contributed by atoms with Crippen LogP contribution in [0, 0.1) is 0 Å². The number of benzene rings is 2. The molecule has 3 aromatic rings. The molecule has 0 atom stereocenters. The summed E-state index contributed by atoms with van der Waals surface area (Å²) in [6, 6.07) is 15.2. The number of para-hydroxylation sites is 1.